The number of carbonyl (C=O) groups is 1. The summed E-state index contributed by atoms with van der Waals surface area (Å²) in [6.07, 6.45) is 0. The molecule has 1 aliphatic heterocycles. The van der Waals surface area contributed by atoms with E-state index in [9.17, 15) is 23.3 Å². The van der Waals surface area contributed by atoms with E-state index >= 15 is 0 Å². The average Bonchev–Trinajstić information content (AvgIpc) is 2.68. The van der Waals surface area contributed by atoms with Crippen molar-refractivity contribution in [1.29, 1.82) is 0 Å². The van der Waals surface area contributed by atoms with E-state index < -0.39 is 20.2 Å². The third-order valence-electron chi connectivity index (χ3n) is 4.26. The van der Waals surface area contributed by atoms with E-state index in [1.807, 2.05) is 0 Å². The number of nitro groups is 1. The van der Waals surface area contributed by atoms with Crippen molar-refractivity contribution in [2.24, 2.45) is 0 Å². The maximum Gasteiger partial charge on any atom is 0.254 e. The second-order valence-electron chi connectivity index (χ2n) is 5.83. The van der Waals surface area contributed by atoms with Gasteiger partial charge in [0, 0.05) is 12.1 Å². The van der Waals surface area contributed by atoms with Crippen molar-refractivity contribution in [2.75, 3.05) is 19.6 Å². The SMILES string of the molecule is O=C(c1ccccc1)N1CCN([N+](=O)[O-])C(S(=O)(=O)c2ccccc2)C1. The fourth-order valence-electron chi connectivity index (χ4n) is 2.90. The van der Waals surface area contributed by atoms with Crippen LogP contribution in [-0.2, 0) is 9.84 Å². The molecule has 2 aromatic rings. The predicted molar refractivity (Wildman–Crippen MR) is 93.5 cm³/mol. The molecule has 1 fully saturated rings. The molecular formula is C17H17N3O5S. The highest BCUT2D eigenvalue weighted by atomic mass is 32.2. The van der Waals surface area contributed by atoms with Gasteiger partial charge in [-0.15, -0.1) is 5.01 Å². The Morgan fingerprint density at radius 3 is 2.15 bits per heavy atom. The van der Waals surface area contributed by atoms with Crippen molar-refractivity contribution >= 4 is 15.7 Å². The van der Waals surface area contributed by atoms with Crippen molar-refractivity contribution in [3.8, 4) is 0 Å². The van der Waals surface area contributed by atoms with E-state index in [2.05, 4.69) is 0 Å². The molecular weight excluding hydrogens is 358 g/mol. The molecule has 1 aliphatic rings. The van der Waals surface area contributed by atoms with E-state index in [0.29, 0.717) is 10.6 Å². The summed E-state index contributed by atoms with van der Waals surface area (Å²) in [6, 6.07) is 16.0. The molecule has 0 N–H and O–H groups in total. The summed E-state index contributed by atoms with van der Waals surface area (Å²) in [7, 11) is -4.01. The first-order valence-corrected chi connectivity index (χ1v) is 9.50. The molecule has 0 spiro atoms. The van der Waals surface area contributed by atoms with Crippen molar-refractivity contribution < 1.29 is 18.2 Å². The quantitative estimate of drug-likeness (QED) is 0.592. The highest BCUT2D eigenvalue weighted by Gasteiger charge is 2.44. The van der Waals surface area contributed by atoms with Gasteiger partial charge >= 0.3 is 0 Å². The zero-order chi connectivity index (χ0) is 18.7. The summed E-state index contributed by atoms with van der Waals surface area (Å²) in [4.78, 5) is 25.3. The molecule has 0 aromatic heterocycles. The summed E-state index contributed by atoms with van der Waals surface area (Å²) in [5, 5.41) is 9.89. The maximum absolute atomic E-state index is 12.9. The number of nitrogens with zero attached hydrogens (tertiary/aromatic N) is 3. The third kappa shape index (κ3) is 3.38. The maximum atomic E-state index is 12.9. The topological polar surface area (TPSA) is 101 Å². The number of hydrogen-bond acceptors (Lipinski definition) is 5. The molecule has 1 amide bonds. The standard InChI is InChI=1S/C17H17N3O5S/c21-17(14-7-3-1-4-8-14)18-11-12-19(20(22)23)16(13-18)26(24,25)15-9-5-2-6-10-15/h1-10,16H,11-13H2. The molecule has 136 valence electrons. The molecule has 9 heteroatoms. The third-order valence-corrected chi connectivity index (χ3v) is 6.29. The van der Waals surface area contributed by atoms with Crippen LogP contribution < -0.4 is 0 Å². The molecule has 0 bridgehead atoms. The van der Waals surface area contributed by atoms with Gasteiger partial charge in [-0.2, -0.15) is 0 Å². The van der Waals surface area contributed by atoms with E-state index in [4.69, 9.17) is 0 Å². The van der Waals surface area contributed by atoms with E-state index in [1.165, 1.54) is 17.0 Å². The molecule has 1 atom stereocenters. The number of carbonyl (C=O) groups excluding carboxylic acids is 1. The smallest absolute Gasteiger partial charge is 0.254 e. The van der Waals surface area contributed by atoms with Crippen LogP contribution in [0, 0.1) is 10.1 Å². The fourth-order valence-corrected chi connectivity index (χ4v) is 4.63. The van der Waals surface area contributed by atoms with Crippen molar-refractivity contribution in [3.05, 3.63) is 76.3 Å². The number of rotatable bonds is 4. The minimum Gasteiger partial charge on any atom is -0.333 e. The number of hydrazine groups is 1. The minimum absolute atomic E-state index is 0.00846. The van der Waals surface area contributed by atoms with Crippen LogP contribution in [0.5, 0.6) is 0 Å². The molecule has 1 unspecified atom stereocenters. The Kier molecular flexibility index (Phi) is 4.90. The van der Waals surface area contributed by atoms with Crippen LogP contribution >= 0.6 is 0 Å². The number of sulfone groups is 1. The Bertz CT molecular complexity index is 903. The Morgan fingerprint density at radius 2 is 1.58 bits per heavy atom. The predicted octanol–water partition coefficient (Wildman–Crippen LogP) is 1.44. The number of hydrogen-bond donors (Lipinski definition) is 0. The summed E-state index contributed by atoms with van der Waals surface area (Å²) >= 11 is 0. The van der Waals surface area contributed by atoms with Crippen LogP contribution in [0.1, 0.15) is 10.4 Å². The van der Waals surface area contributed by atoms with Gasteiger partial charge in [0.15, 0.2) is 5.03 Å². The lowest BCUT2D eigenvalue weighted by atomic mass is 10.2. The average molecular weight is 375 g/mol. The van der Waals surface area contributed by atoms with Gasteiger partial charge in [0.05, 0.1) is 18.0 Å². The zero-order valence-electron chi connectivity index (χ0n) is 13.8. The molecule has 0 radical (unpaired) electrons. The van der Waals surface area contributed by atoms with E-state index in [-0.39, 0.29) is 30.4 Å². The Balaban J connectivity index is 1.92. The van der Waals surface area contributed by atoms with Crippen LogP contribution in [0.15, 0.2) is 65.6 Å². The molecule has 8 nitrogen and oxygen atoms in total. The Morgan fingerprint density at radius 1 is 1.00 bits per heavy atom. The first-order chi connectivity index (χ1) is 12.4. The van der Waals surface area contributed by atoms with Crippen LogP contribution in [0.3, 0.4) is 0 Å². The van der Waals surface area contributed by atoms with Gasteiger partial charge in [0.2, 0.25) is 15.2 Å². The highest BCUT2D eigenvalue weighted by molar-refractivity contribution is 7.92. The van der Waals surface area contributed by atoms with Gasteiger partial charge < -0.3 is 4.90 Å². The van der Waals surface area contributed by atoms with Crippen molar-refractivity contribution in [3.63, 3.8) is 0 Å². The van der Waals surface area contributed by atoms with Gasteiger partial charge in [-0.3, -0.25) is 4.79 Å². The summed E-state index contributed by atoms with van der Waals surface area (Å²) in [6.45, 7) is -0.357. The highest BCUT2D eigenvalue weighted by Crippen LogP contribution is 2.23. The summed E-state index contributed by atoms with van der Waals surface area (Å²) in [5.74, 6) is -0.346. The second kappa shape index (κ2) is 7.12. The van der Waals surface area contributed by atoms with Gasteiger partial charge in [-0.05, 0) is 24.3 Å². The molecule has 0 saturated carbocycles. The number of amides is 1. The lowest BCUT2D eigenvalue weighted by Gasteiger charge is -2.35. The molecule has 3 rings (SSSR count). The van der Waals surface area contributed by atoms with Crippen LogP contribution in [0.2, 0.25) is 0 Å². The first-order valence-electron chi connectivity index (χ1n) is 7.95. The van der Waals surface area contributed by atoms with Crippen molar-refractivity contribution in [2.45, 2.75) is 10.3 Å². The molecule has 1 heterocycles. The molecule has 1 saturated heterocycles. The minimum atomic E-state index is -4.01. The van der Waals surface area contributed by atoms with Gasteiger partial charge in [0.25, 0.3) is 5.91 Å². The summed E-state index contributed by atoms with van der Waals surface area (Å²) in [5.41, 5.74) is 0.415. The lowest BCUT2D eigenvalue weighted by molar-refractivity contribution is -0.661. The van der Waals surface area contributed by atoms with Crippen LogP contribution in [0.4, 0.5) is 0 Å². The largest absolute Gasteiger partial charge is 0.333 e. The Hall–Kier alpha value is -2.94. The zero-order valence-corrected chi connectivity index (χ0v) is 14.6. The van der Waals surface area contributed by atoms with E-state index in [0.717, 1.165) is 0 Å². The molecule has 2 aromatic carbocycles. The number of piperazine rings is 1. The summed E-state index contributed by atoms with van der Waals surface area (Å²) < 4.78 is 25.8. The Labute approximate surface area is 150 Å². The van der Waals surface area contributed by atoms with Crippen molar-refractivity contribution in [1.82, 2.24) is 9.91 Å². The van der Waals surface area contributed by atoms with Crippen LogP contribution in [-0.4, -0.2) is 54.3 Å². The van der Waals surface area contributed by atoms with E-state index in [1.54, 1.807) is 48.5 Å². The van der Waals surface area contributed by atoms with Crippen LogP contribution in [0.25, 0.3) is 0 Å². The normalized spacial score (nSPS) is 17.8. The lowest BCUT2D eigenvalue weighted by Crippen LogP contribution is -2.59. The van der Waals surface area contributed by atoms with Gasteiger partial charge in [0.1, 0.15) is 0 Å². The molecule has 0 aliphatic carbocycles. The van der Waals surface area contributed by atoms with Gasteiger partial charge in [-0.25, -0.2) is 18.5 Å². The molecule has 26 heavy (non-hydrogen) atoms. The number of benzene rings is 2. The fraction of sp³-hybridized carbons (Fsp3) is 0.235. The first kappa shape index (κ1) is 17.9. The van der Waals surface area contributed by atoms with Gasteiger partial charge in [-0.1, -0.05) is 36.4 Å². The second-order valence-corrected chi connectivity index (χ2v) is 7.94. The monoisotopic (exact) mass is 375 g/mol.